The summed E-state index contributed by atoms with van der Waals surface area (Å²) in [6.45, 7) is 3.50. The molecule has 0 unspecified atom stereocenters. The number of nitrogens with zero attached hydrogens (tertiary/aromatic N) is 1. The summed E-state index contributed by atoms with van der Waals surface area (Å²) in [6, 6.07) is 0.538. The molecular weight excluding hydrogens is 169 g/mol. The predicted octanol–water partition coefficient (Wildman–Crippen LogP) is 1.60. The Hall–Kier alpha value is -0.150. The van der Waals surface area contributed by atoms with Gasteiger partial charge in [0.2, 0.25) is 0 Å². The van der Waals surface area contributed by atoms with Crippen LogP contribution in [0.3, 0.4) is 0 Å². The highest BCUT2D eigenvalue weighted by Gasteiger charge is 2.51. The predicted molar refractivity (Wildman–Crippen MR) is 49.5 cm³/mol. The SMILES string of the molecule is COC[C@@]12CC[C@@H](C)N1C[C@H](F)C2. The molecular formula is C10H18FNO. The molecule has 0 saturated carbocycles. The summed E-state index contributed by atoms with van der Waals surface area (Å²) in [4.78, 5) is 2.31. The lowest BCUT2D eigenvalue weighted by atomic mass is 9.95. The monoisotopic (exact) mass is 187 g/mol. The van der Waals surface area contributed by atoms with Crippen LogP contribution in [-0.4, -0.2) is 42.9 Å². The molecule has 2 nitrogen and oxygen atoms in total. The summed E-state index contributed by atoms with van der Waals surface area (Å²) < 4.78 is 18.5. The van der Waals surface area contributed by atoms with Crippen molar-refractivity contribution in [2.24, 2.45) is 0 Å². The van der Waals surface area contributed by atoms with Gasteiger partial charge in [-0.05, 0) is 19.8 Å². The lowest BCUT2D eigenvalue weighted by molar-refractivity contribution is 0.0526. The first-order chi connectivity index (χ1) is 6.18. The molecule has 2 fully saturated rings. The van der Waals surface area contributed by atoms with Crippen molar-refractivity contribution in [1.29, 1.82) is 0 Å². The van der Waals surface area contributed by atoms with Gasteiger partial charge in [0.05, 0.1) is 6.61 Å². The van der Waals surface area contributed by atoms with E-state index in [1.54, 1.807) is 7.11 Å². The average Bonchev–Trinajstić information content (AvgIpc) is 2.51. The lowest BCUT2D eigenvalue weighted by Gasteiger charge is -2.32. The maximum absolute atomic E-state index is 13.3. The highest BCUT2D eigenvalue weighted by molar-refractivity contribution is 5.06. The minimum absolute atomic E-state index is 0.0353. The van der Waals surface area contributed by atoms with E-state index < -0.39 is 6.17 Å². The molecule has 0 N–H and O–H groups in total. The number of rotatable bonds is 2. The largest absolute Gasteiger partial charge is 0.383 e. The van der Waals surface area contributed by atoms with E-state index in [1.807, 2.05) is 0 Å². The van der Waals surface area contributed by atoms with Gasteiger partial charge >= 0.3 is 0 Å². The third kappa shape index (κ3) is 1.38. The van der Waals surface area contributed by atoms with Crippen molar-refractivity contribution in [3.05, 3.63) is 0 Å². The Kier molecular flexibility index (Phi) is 2.32. The number of hydrogen-bond donors (Lipinski definition) is 0. The van der Waals surface area contributed by atoms with Crippen LogP contribution in [0.4, 0.5) is 4.39 Å². The Bertz CT molecular complexity index is 195. The van der Waals surface area contributed by atoms with Gasteiger partial charge in [0.1, 0.15) is 6.17 Å². The van der Waals surface area contributed by atoms with Crippen molar-refractivity contribution in [3.8, 4) is 0 Å². The Morgan fingerprint density at radius 1 is 1.62 bits per heavy atom. The topological polar surface area (TPSA) is 12.5 Å². The van der Waals surface area contributed by atoms with Crippen molar-refractivity contribution < 1.29 is 9.13 Å². The zero-order valence-electron chi connectivity index (χ0n) is 8.42. The summed E-state index contributed by atoms with van der Waals surface area (Å²) in [5.41, 5.74) is 0.0353. The van der Waals surface area contributed by atoms with Crippen LogP contribution in [0.5, 0.6) is 0 Å². The van der Waals surface area contributed by atoms with Gasteiger partial charge in [-0.2, -0.15) is 0 Å². The molecule has 0 bridgehead atoms. The fourth-order valence-corrected chi connectivity index (χ4v) is 3.01. The van der Waals surface area contributed by atoms with Crippen LogP contribution in [0.25, 0.3) is 0 Å². The van der Waals surface area contributed by atoms with Gasteiger partial charge < -0.3 is 4.74 Å². The zero-order valence-corrected chi connectivity index (χ0v) is 8.42. The van der Waals surface area contributed by atoms with Crippen LogP contribution in [-0.2, 0) is 4.74 Å². The van der Waals surface area contributed by atoms with E-state index >= 15 is 0 Å². The number of ether oxygens (including phenoxy) is 1. The van der Waals surface area contributed by atoms with E-state index in [2.05, 4.69) is 11.8 Å². The molecule has 0 aliphatic carbocycles. The van der Waals surface area contributed by atoms with Crippen LogP contribution in [0.1, 0.15) is 26.2 Å². The summed E-state index contributed by atoms with van der Waals surface area (Å²) >= 11 is 0. The number of halogens is 1. The molecule has 2 heterocycles. The Morgan fingerprint density at radius 2 is 2.38 bits per heavy atom. The van der Waals surface area contributed by atoms with Crippen LogP contribution in [0.15, 0.2) is 0 Å². The van der Waals surface area contributed by atoms with Crippen LogP contribution in [0.2, 0.25) is 0 Å². The van der Waals surface area contributed by atoms with E-state index in [0.717, 1.165) is 6.42 Å². The molecule has 0 aromatic heterocycles. The van der Waals surface area contributed by atoms with Crippen LogP contribution >= 0.6 is 0 Å². The van der Waals surface area contributed by atoms with Crippen molar-refractivity contribution in [1.82, 2.24) is 4.90 Å². The van der Waals surface area contributed by atoms with E-state index in [4.69, 9.17) is 4.74 Å². The summed E-state index contributed by atoms with van der Waals surface area (Å²) in [5.74, 6) is 0. The average molecular weight is 187 g/mol. The van der Waals surface area contributed by atoms with Crippen LogP contribution < -0.4 is 0 Å². The van der Waals surface area contributed by atoms with Crippen molar-refractivity contribution in [3.63, 3.8) is 0 Å². The third-order valence-corrected chi connectivity index (χ3v) is 3.58. The summed E-state index contributed by atoms with van der Waals surface area (Å²) in [5, 5.41) is 0. The lowest BCUT2D eigenvalue weighted by Crippen LogP contribution is -2.44. The maximum Gasteiger partial charge on any atom is 0.115 e. The first kappa shape index (κ1) is 9.41. The van der Waals surface area contributed by atoms with Gasteiger partial charge in [-0.1, -0.05) is 0 Å². The molecule has 0 amide bonds. The third-order valence-electron chi connectivity index (χ3n) is 3.58. The molecule has 2 aliphatic heterocycles. The normalized spacial score (nSPS) is 45.5. The molecule has 0 aromatic rings. The molecule has 0 aromatic carbocycles. The van der Waals surface area contributed by atoms with Gasteiger partial charge in [-0.3, -0.25) is 4.90 Å². The standard InChI is InChI=1S/C10H18FNO/c1-8-3-4-10(7-13-2)5-9(11)6-12(8)10/h8-9H,3-7H2,1-2H3/t8-,9-,10+/m1/s1. The second kappa shape index (κ2) is 3.21. The summed E-state index contributed by atoms with van der Waals surface area (Å²) in [6.07, 6.45) is 2.32. The Morgan fingerprint density at radius 3 is 3.08 bits per heavy atom. The van der Waals surface area contributed by atoms with Gasteiger partial charge in [0.25, 0.3) is 0 Å². The van der Waals surface area contributed by atoms with E-state index in [-0.39, 0.29) is 5.54 Å². The van der Waals surface area contributed by atoms with E-state index in [0.29, 0.717) is 25.6 Å². The molecule has 3 atom stereocenters. The quantitative estimate of drug-likeness (QED) is 0.651. The summed E-state index contributed by atoms with van der Waals surface area (Å²) in [7, 11) is 1.71. The number of methoxy groups -OCH3 is 1. The van der Waals surface area contributed by atoms with Gasteiger partial charge in [-0.25, -0.2) is 4.39 Å². The van der Waals surface area contributed by atoms with Crippen molar-refractivity contribution >= 4 is 0 Å². The fraction of sp³-hybridized carbons (Fsp3) is 1.00. The maximum atomic E-state index is 13.3. The molecule has 3 heteroatoms. The van der Waals surface area contributed by atoms with Gasteiger partial charge in [0.15, 0.2) is 0 Å². The first-order valence-corrected chi connectivity index (χ1v) is 5.08. The van der Waals surface area contributed by atoms with Gasteiger partial charge in [0, 0.05) is 31.7 Å². The number of fused-ring (bicyclic) bond motifs is 1. The fourth-order valence-electron chi connectivity index (χ4n) is 3.01. The smallest absolute Gasteiger partial charge is 0.115 e. The molecule has 13 heavy (non-hydrogen) atoms. The number of hydrogen-bond acceptors (Lipinski definition) is 2. The Labute approximate surface area is 79.1 Å². The van der Waals surface area contributed by atoms with Gasteiger partial charge in [-0.15, -0.1) is 0 Å². The minimum Gasteiger partial charge on any atom is -0.383 e. The second-order valence-electron chi connectivity index (χ2n) is 4.50. The minimum atomic E-state index is -0.641. The van der Waals surface area contributed by atoms with Crippen molar-refractivity contribution in [2.75, 3.05) is 20.3 Å². The second-order valence-corrected chi connectivity index (χ2v) is 4.50. The molecule has 76 valence electrons. The molecule has 2 saturated heterocycles. The first-order valence-electron chi connectivity index (χ1n) is 5.08. The molecule has 2 aliphatic rings. The highest BCUT2D eigenvalue weighted by atomic mass is 19.1. The van der Waals surface area contributed by atoms with E-state index in [9.17, 15) is 4.39 Å². The molecule has 0 spiro atoms. The Balaban J connectivity index is 2.14. The highest BCUT2D eigenvalue weighted by Crippen LogP contribution is 2.43. The number of alkyl halides is 1. The van der Waals surface area contributed by atoms with Crippen molar-refractivity contribution in [2.45, 2.75) is 43.9 Å². The zero-order chi connectivity index (χ0) is 9.47. The molecule has 0 radical (unpaired) electrons. The molecule has 2 rings (SSSR count). The van der Waals surface area contributed by atoms with E-state index in [1.165, 1.54) is 6.42 Å². The van der Waals surface area contributed by atoms with Crippen LogP contribution in [0, 0.1) is 0 Å².